The maximum Gasteiger partial charge on any atom is 0.227 e. The van der Waals surface area contributed by atoms with E-state index in [9.17, 15) is 0 Å². The van der Waals surface area contributed by atoms with Gasteiger partial charge in [-0.25, -0.2) is 4.98 Å². The molecule has 0 spiro atoms. The zero-order valence-corrected chi connectivity index (χ0v) is 13.7. The average Bonchev–Trinajstić information content (AvgIpc) is 2.55. The van der Waals surface area contributed by atoms with Gasteiger partial charge in [-0.1, -0.05) is 24.3 Å². The van der Waals surface area contributed by atoms with E-state index in [0.717, 1.165) is 50.1 Å². The highest BCUT2D eigenvalue weighted by molar-refractivity contribution is 5.48. The molecule has 3 rings (SSSR count). The van der Waals surface area contributed by atoms with E-state index in [0.29, 0.717) is 0 Å². The summed E-state index contributed by atoms with van der Waals surface area (Å²) < 4.78 is 0. The van der Waals surface area contributed by atoms with Crippen molar-refractivity contribution in [1.29, 1.82) is 0 Å². The maximum absolute atomic E-state index is 4.81. The van der Waals surface area contributed by atoms with Crippen molar-refractivity contribution >= 4 is 11.8 Å². The lowest BCUT2D eigenvalue weighted by molar-refractivity contribution is 0.713. The van der Waals surface area contributed by atoms with Crippen molar-refractivity contribution in [2.45, 2.75) is 33.7 Å². The quantitative estimate of drug-likeness (QED) is 0.867. The fourth-order valence-electron chi connectivity index (χ4n) is 3.04. The van der Waals surface area contributed by atoms with Gasteiger partial charge in [0.1, 0.15) is 5.82 Å². The summed E-state index contributed by atoms with van der Waals surface area (Å²) in [5, 5.41) is 0. The Morgan fingerprint density at radius 1 is 1.09 bits per heavy atom. The molecule has 0 radical (unpaired) electrons. The molecule has 0 bridgehead atoms. The molecule has 0 amide bonds. The number of fused-ring (bicyclic) bond motifs is 1. The smallest absolute Gasteiger partial charge is 0.227 e. The number of aryl methyl sites for hydroxylation is 1. The van der Waals surface area contributed by atoms with E-state index in [2.05, 4.69) is 65.9 Å². The van der Waals surface area contributed by atoms with Crippen LogP contribution in [0.2, 0.25) is 0 Å². The number of benzene rings is 1. The van der Waals surface area contributed by atoms with E-state index in [1.165, 1.54) is 11.1 Å². The van der Waals surface area contributed by atoms with Crippen LogP contribution in [0.3, 0.4) is 0 Å². The van der Waals surface area contributed by atoms with Crippen LogP contribution in [0, 0.1) is 6.92 Å². The van der Waals surface area contributed by atoms with Crippen LogP contribution in [0.15, 0.2) is 30.3 Å². The second-order valence-electron chi connectivity index (χ2n) is 5.78. The standard InChI is InChI=1S/C18H24N4/c1-4-21(5-2)18-19-14(3)12-17(20-18)22-11-10-15-8-6-7-9-16(15)13-22/h6-9,12H,4-5,10-11,13H2,1-3H3. The van der Waals surface area contributed by atoms with Gasteiger partial charge >= 0.3 is 0 Å². The SMILES string of the molecule is CCN(CC)c1nc(C)cc(N2CCc3ccccc3C2)n1. The first-order chi connectivity index (χ1) is 10.7. The van der Waals surface area contributed by atoms with Crippen molar-refractivity contribution in [3.63, 3.8) is 0 Å². The molecule has 0 unspecified atom stereocenters. The molecule has 0 saturated heterocycles. The van der Waals surface area contributed by atoms with Crippen molar-refractivity contribution in [2.24, 2.45) is 0 Å². The third-order valence-corrected chi connectivity index (χ3v) is 4.33. The molecule has 116 valence electrons. The molecule has 0 aliphatic carbocycles. The predicted molar refractivity (Wildman–Crippen MR) is 91.5 cm³/mol. The Morgan fingerprint density at radius 3 is 2.55 bits per heavy atom. The second kappa shape index (κ2) is 6.34. The van der Waals surface area contributed by atoms with E-state index in [1.54, 1.807) is 0 Å². The Bertz CT molecular complexity index is 649. The zero-order chi connectivity index (χ0) is 15.5. The molecule has 1 aromatic heterocycles. The minimum Gasteiger partial charge on any atom is -0.352 e. The number of hydrogen-bond acceptors (Lipinski definition) is 4. The molecule has 22 heavy (non-hydrogen) atoms. The monoisotopic (exact) mass is 296 g/mol. The fourth-order valence-corrected chi connectivity index (χ4v) is 3.04. The van der Waals surface area contributed by atoms with Gasteiger partial charge in [0.15, 0.2) is 0 Å². The number of aromatic nitrogens is 2. The van der Waals surface area contributed by atoms with Crippen LogP contribution in [0.25, 0.3) is 0 Å². The summed E-state index contributed by atoms with van der Waals surface area (Å²) in [6.07, 6.45) is 1.08. The first-order valence-corrected chi connectivity index (χ1v) is 8.13. The highest BCUT2D eigenvalue weighted by Gasteiger charge is 2.18. The van der Waals surface area contributed by atoms with Gasteiger partial charge in [0.05, 0.1) is 0 Å². The van der Waals surface area contributed by atoms with Gasteiger partial charge in [0.25, 0.3) is 0 Å². The fraction of sp³-hybridized carbons (Fsp3) is 0.444. The van der Waals surface area contributed by atoms with Crippen molar-refractivity contribution in [3.8, 4) is 0 Å². The Kier molecular flexibility index (Phi) is 4.27. The summed E-state index contributed by atoms with van der Waals surface area (Å²) in [6.45, 7) is 10.2. The largest absolute Gasteiger partial charge is 0.352 e. The Labute approximate surface area is 132 Å². The van der Waals surface area contributed by atoms with Crippen molar-refractivity contribution in [3.05, 3.63) is 47.2 Å². The molecule has 4 nitrogen and oxygen atoms in total. The lowest BCUT2D eigenvalue weighted by atomic mass is 10.00. The van der Waals surface area contributed by atoms with Gasteiger partial charge in [0.2, 0.25) is 5.95 Å². The van der Waals surface area contributed by atoms with E-state index in [-0.39, 0.29) is 0 Å². The van der Waals surface area contributed by atoms with E-state index in [4.69, 9.17) is 4.98 Å². The molecule has 0 N–H and O–H groups in total. The molecule has 1 aliphatic rings. The molecule has 2 aromatic rings. The topological polar surface area (TPSA) is 32.3 Å². The zero-order valence-electron chi connectivity index (χ0n) is 13.7. The minimum absolute atomic E-state index is 0.846. The van der Waals surface area contributed by atoms with Crippen LogP contribution >= 0.6 is 0 Å². The number of rotatable bonds is 4. The van der Waals surface area contributed by atoms with Gasteiger partial charge in [-0.05, 0) is 38.3 Å². The summed E-state index contributed by atoms with van der Waals surface area (Å²) in [5.74, 6) is 1.89. The molecule has 0 atom stereocenters. The van der Waals surface area contributed by atoms with Crippen LogP contribution in [-0.2, 0) is 13.0 Å². The van der Waals surface area contributed by atoms with E-state index in [1.807, 2.05) is 0 Å². The minimum atomic E-state index is 0.846. The molecule has 4 heteroatoms. The molecule has 1 aromatic carbocycles. The Balaban J connectivity index is 1.89. The lowest BCUT2D eigenvalue weighted by Gasteiger charge is -2.30. The van der Waals surface area contributed by atoms with Crippen molar-refractivity contribution in [2.75, 3.05) is 29.4 Å². The third-order valence-electron chi connectivity index (χ3n) is 4.33. The summed E-state index contributed by atoms with van der Waals surface area (Å²) >= 11 is 0. The first kappa shape index (κ1) is 14.8. The van der Waals surface area contributed by atoms with Gasteiger partial charge in [-0.2, -0.15) is 4.98 Å². The molecule has 2 heterocycles. The van der Waals surface area contributed by atoms with Crippen molar-refractivity contribution in [1.82, 2.24) is 9.97 Å². The molecule has 1 aliphatic heterocycles. The number of nitrogens with zero attached hydrogens (tertiary/aromatic N) is 4. The van der Waals surface area contributed by atoms with Gasteiger partial charge < -0.3 is 9.80 Å². The average molecular weight is 296 g/mol. The summed E-state index contributed by atoms with van der Waals surface area (Å²) in [7, 11) is 0. The Hall–Kier alpha value is -2.10. The highest BCUT2D eigenvalue weighted by Crippen LogP contribution is 2.24. The lowest BCUT2D eigenvalue weighted by Crippen LogP contribution is -2.32. The number of hydrogen-bond donors (Lipinski definition) is 0. The van der Waals surface area contributed by atoms with Gasteiger partial charge in [0, 0.05) is 37.9 Å². The molecule has 0 fully saturated rings. The summed E-state index contributed by atoms with van der Waals surface area (Å²) in [5.41, 5.74) is 3.91. The molecular weight excluding hydrogens is 272 g/mol. The molecular formula is C18H24N4. The van der Waals surface area contributed by atoms with Crippen LogP contribution < -0.4 is 9.80 Å². The van der Waals surface area contributed by atoms with Crippen LogP contribution in [0.5, 0.6) is 0 Å². The highest BCUT2D eigenvalue weighted by atomic mass is 15.3. The van der Waals surface area contributed by atoms with Crippen molar-refractivity contribution < 1.29 is 0 Å². The van der Waals surface area contributed by atoms with E-state index >= 15 is 0 Å². The normalized spacial score (nSPS) is 13.9. The van der Waals surface area contributed by atoms with Crippen LogP contribution in [-0.4, -0.2) is 29.6 Å². The van der Waals surface area contributed by atoms with Crippen LogP contribution in [0.1, 0.15) is 30.7 Å². The summed E-state index contributed by atoms with van der Waals surface area (Å²) in [4.78, 5) is 14.0. The first-order valence-electron chi connectivity index (χ1n) is 8.13. The number of anilines is 2. The maximum atomic E-state index is 4.81. The van der Waals surface area contributed by atoms with Gasteiger partial charge in [-0.3, -0.25) is 0 Å². The summed E-state index contributed by atoms with van der Waals surface area (Å²) in [6, 6.07) is 10.8. The van der Waals surface area contributed by atoms with Gasteiger partial charge in [-0.15, -0.1) is 0 Å². The predicted octanol–water partition coefficient (Wildman–Crippen LogP) is 3.19. The molecule has 0 saturated carbocycles. The Morgan fingerprint density at radius 2 is 1.82 bits per heavy atom. The second-order valence-corrected chi connectivity index (χ2v) is 5.78. The third kappa shape index (κ3) is 2.91. The van der Waals surface area contributed by atoms with E-state index < -0.39 is 0 Å². The van der Waals surface area contributed by atoms with Crippen LogP contribution in [0.4, 0.5) is 11.8 Å².